The summed E-state index contributed by atoms with van der Waals surface area (Å²) in [5, 5.41) is 11.3. The standard InChI is InChI=1S/C23H25N5O5S/c1-14-12-28(13-15(2)24-14)16-6-8-20(31-3)18(11-16)27-34(29,30)21-9-7-17(19-5-4-10-32-19)22-23(21)26-33-25-22/h4-11,14-15,24,27H,12-13H2,1-3H3. The fourth-order valence-corrected chi connectivity index (χ4v) is 5.60. The number of hydrogen-bond acceptors (Lipinski definition) is 9. The van der Waals surface area contributed by atoms with Crippen molar-refractivity contribution < 1.29 is 22.2 Å². The molecule has 1 aliphatic heterocycles. The zero-order valence-corrected chi connectivity index (χ0v) is 19.8. The van der Waals surface area contributed by atoms with Crippen molar-refractivity contribution in [3.8, 4) is 17.1 Å². The lowest BCUT2D eigenvalue weighted by molar-refractivity contribution is 0.315. The minimum atomic E-state index is -4.05. The highest BCUT2D eigenvalue weighted by Crippen LogP contribution is 2.35. The molecule has 2 unspecified atom stereocenters. The zero-order chi connectivity index (χ0) is 23.9. The van der Waals surface area contributed by atoms with Gasteiger partial charge in [0.1, 0.15) is 21.9 Å². The van der Waals surface area contributed by atoms with Gasteiger partial charge in [0, 0.05) is 36.4 Å². The first kappa shape index (κ1) is 22.2. The van der Waals surface area contributed by atoms with E-state index >= 15 is 0 Å². The lowest BCUT2D eigenvalue weighted by atomic mass is 10.1. The van der Waals surface area contributed by atoms with Crippen LogP contribution in [0.3, 0.4) is 0 Å². The number of nitrogens with zero attached hydrogens (tertiary/aromatic N) is 3. The molecule has 0 amide bonds. The van der Waals surface area contributed by atoms with Crippen molar-refractivity contribution in [2.75, 3.05) is 29.8 Å². The molecule has 2 aromatic carbocycles. The van der Waals surface area contributed by atoms with Crippen molar-refractivity contribution in [3.05, 3.63) is 48.7 Å². The number of methoxy groups -OCH3 is 1. The van der Waals surface area contributed by atoms with Gasteiger partial charge in [-0.25, -0.2) is 13.0 Å². The van der Waals surface area contributed by atoms with E-state index in [0.717, 1.165) is 18.8 Å². The van der Waals surface area contributed by atoms with Crippen LogP contribution in [-0.2, 0) is 10.0 Å². The fraction of sp³-hybridized carbons (Fsp3) is 0.304. The molecule has 1 aliphatic rings. The topological polar surface area (TPSA) is 123 Å². The third kappa shape index (κ3) is 4.08. The van der Waals surface area contributed by atoms with E-state index in [9.17, 15) is 8.42 Å². The Bertz CT molecular complexity index is 1410. The first-order chi connectivity index (χ1) is 16.4. The van der Waals surface area contributed by atoms with Gasteiger partial charge in [-0.3, -0.25) is 4.72 Å². The number of furan rings is 1. The minimum Gasteiger partial charge on any atom is -0.495 e. The van der Waals surface area contributed by atoms with Crippen LogP contribution in [0.25, 0.3) is 22.4 Å². The lowest BCUT2D eigenvalue weighted by Crippen LogP contribution is -2.54. The Morgan fingerprint density at radius 3 is 2.56 bits per heavy atom. The van der Waals surface area contributed by atoms with E-state index in [-0.39, 0.29) is 10.4 Å². The molecule has 0 radical (unpaired) electrons. The minimum absolute atomic E-state index is 0.0593. The van der Waals surface area contributed by atoms with Gasteiger partial charge < -0.3 is 19.4 Å². The number of sulfonamides is 1. The van der Waals surface area contributed by atoms with E-state index in [2.05, 4.69) is 39.1 Å². The van der Waals surface area contributed by atoms with Crippen LogP contribution in [0.5, 0.6) is 5.75 Å². The van der Waals surface area contributed by atoms with Gasteiger partial charge in [-0.1, -0.05) is 0 Å². The van der Waals surface area contributed by atoms with Crippen LogP contribution in [0, 0.1) is 0 Å². The molecule has 1 fully saturated rings. The summed E-state index contributed by atoms with van der Waals surface area (Å²) >= 11 is 0. The smallest absolute Gasteiger partial charge is 0.264 e. The Labute approximate surface area is 196 Å². The number of nitrogens with one attached hydrogen (secondary N) is 2. The molecule has 2 atom stereocenters. The zero-order valence-electron chi connectivity index (χ0n) is 19.0. The van der Waals surface area contributed by atoms with E-state index < -0.39 is 10.0 Å². The molecule has 5 rings (SSSR count). The predicted octanol–water partition coefficient (Wildman–Crippen LogP) is 3.48. The van der Waals surface area contributed by atoms with Crippen LogP contribution >= 0.6 is 0 Å². The number of aromatic nitrogens is 2. The van der Waals surface area contributed by atoms with Gasteiger partial charge >= 0.3 is 0 Å². The first-order valence-corrected chi connectivity index (χ1v) is 12.3. The second-order valence-electron chi connectivity index (χ2n) is 8.41. The van der Waals surface area contributed by atoms with Crippen molar-refractivity contribution in [1.82, 2.24) is 15.6 Å². The van der Waals surface area contributed by atoms with Crippen molar-refractivity contribution in [2.24, 2.45) is 0 Å². The maximum absolute atomic E-state index is 13.4. The maximum atomic E-state index is 13.4. The highest BCUT2D eigenvalue weighted by Gasteiger charge is 2.26. The van der Waals surface area contributed by atoms with E-state index in [0.29, 0.717) is 40.4 Å². The van der Waals surface area contributed by atoms with Crippen LogP contribution in [0.2, 0.25) is 0 Å². The van der Waals surface area contributed by atoms with Crippen LogP contribution in [0.4, 0.5) is 11.4 Å². The van der Waals surface area contributed by atoms with Crippen molar-refractivity contribution in [3.63, 3.8) is 0 Å². The molecule has 0 saturated carbocycles. The molecule has 11 heteroatoms. The highest BCUT2D eigenvalue weighted by molar-refractivity contribution is 7.93. The van der Waals surface area contributed by atoms with Gasteiger partial charge in [0.2, 0.25) is 0 Å². The molecule has 2 N–H and O–H groups in total. The van der Waals surface area contributed by atoms with Crippen molar-refractivity contribution >= 4 is 32.4 Å². The monoisotopic (exact) mass is 483 g/mol. The van der Waals surface area contributed by atoms with Crippen LogP contribution in [0.15, 0.2) is 62.7 Å². The molecule has 10 nitrogen and oxygen atoms in total. The highest BCUT2D eigenvalue weighted by atomic mass is 32.2. The average molecular weight is 484 g/mol. The third-order valence-corrected chi connectivity index (χ3v) is 7.20. The largest absolute Gasteiger partial charge is 0.495 e. The summed E-state index contributed by atoms with van der Waals surface area (Å²) in [4.78, 5) is 2.16. The molecular weight excluding hydrogens is 458 g/mol. The number of piperazine rings is 1. The SMILES string of the molecule is COc1ccc(N2CC(C)NC(C)C2)cc1NS(=O)(=O)c1ccc(-c2ccco2)c2nonc12. The van der Waals surface area contributed by atoms with Gasteiger partial charge in [0.25, 0.3) is 10.0 Å². The van der Waals surface area contributed by atoms with Gasteiger partial charge in [0.15, 0.2) is 5.52 Å². The lowest BCUT2D eigenvalue weighted by Gasteiger charge is -2.38. The van der Waals surface area contributed by atoms with Gasteiger partial charge in [-0.05, 0) is 66.6 Å². The molecule has 178 valence electrons. The first-order valence-electron chi connectivity index (χ1n) is 10.9. The summed E-state index contributed by atoms with van der Waals surface area (Å²) in [6.45, 7) is 5.86. The van der Waals surface area contributed by atoms with E-state index in [1.807, 2.05) is 6.07 Å². The second kappa shape index (κ2) is 8.65. The summed E-state index contributed by atoms with van der Waals surface area (Å²) in [5.74, 6) is 0.941. The molecule has 0 bridgehead atoms. The molecule has 4 aromatic rings. The van der Waals surface area contributed by atoms with Crippen LogP contribution < -0.4 is 19.7 Å². The fourth-order valence-electron chi connectivity index (χ4n) is 4.40. The molecule has 0 aliphatic carbocycles. The Balaban J connectivity index is 1.51. The molecular formula is C23H25N5O5S. The maximum Gasteiger partial charge on any atom is 0.264 e. The summed E-state index contributed by atoms with van der Waals surface area (Å²) in [5.41, 5.74) is 2.23. The number of benzene rings is 2. The van der Waals surface area contributed by atoms with E-state index in [1.165, 1.54) is 19.4 Å². The van der Waals surface area contributed by atoms with Crippen LogP contribution in [0.1, 0.15) is 13.8 Å². The number of fused-ring (bicyclic) bond motifs is 1. The predicted molar refractivity (Wildman–Crippen MR) is 128 cm³/mol. The second-order valence-corrected chi connectivity index (χ2v) is 10.1. The van der Waals surface area contributed by atoms with Gasteiger partial charge in [0.05, 0.1) is 19.1 Å². The molecule has 0 spiro atoms. The van der Waals surface area contributed by atoms with E-state index in [4.69, 9.17) is 13.8 Å². The summed E-state index contributed by atoms with van der Waals surface area (Å²) in [7, 11) is -2.55. The number of hydrogen-bond donors (Lipinski definition) is 2. The normalized spacial score (nSPS) is 18.9. The van der Waals surface area contributed by atoms with Crippen molar-refractivity contribution in [1.29, 1.82) is 0 Å². The Morgan fingerprint density at radius 2 is 1.85 bits per heavy atom. The van der Waals surface area contributed by atoms with E-state index in [1.54, 1.807) is 30.3 Å². The Kier molecular flexibility index (Phi) is 5.66. The molecule has 1 saturated heterocycles. The summed E-state index contributed by atoms with van der Waals surface area (Å²) in [6.07, 6.45) is 1.53. The number of anilines is 2. The molecule has 34 heavy (non-hydrogen) atoms. The average Bonchev–Trinajstić information content (AvgIpc) is 3.50. The number of rotatable bonds is 6. The molecule has 3 heterocycles. The summed E-state index contributed by atoms with van der Waals surface area (Å²) < 4.78 is 45.3. The van der Waals surface area contributed by atoms with Crippen molar-refractivity contribution in [2.45, 2.75) is 30.8 Å². The van der Waals surface area contributed by atoms with Gasteiger partial charge in [-0.15, -0.1) is 0 Å². The Morgan fingerprint density at radius 1 is 1.09 bits per heavy atom. The molecule has 2 aromatic heterocycles. The van der Waals surface area contributed by atoms with Gasteiger partial charge in [-0.2, -0.15) is 0 Å². The third-order valence-electron chi connectivity index (χ3n) is 5.80. The van der Waals surface area contributed by atoms with Crippen LogP contribution in [-0.4, -0.2) is 51.0 Å². The Hall–Kier alpha value is -3.57. The number of ether oxygens (including phenoxy) is 1. The summed E-state index contributed by atoms with van der Waals surface area (Å²) in [6, 6.07) is 12.7. The quantitative estimate of drug-likeness (QED) is 0.424.